The molecule has 5 amide bonds. The number of carbonyl (C=O) groups excluding carboxylic acids is 7. The Morgan fingerprint density at radius 1 is 0.889 bits per heavy atom. The monoisotopic (exact) mass is 605 g/mol. The molecule has 3 heterocycles. The van der Waals surface area contributed by atoms with Gasteiger partial charge in [0, 0.05) is 55.0 Å². The zero-order valence-corrected chi connectivity index (χ0v) is 23.9. The summed E-state index contributed by atoms with van der Waals surface area (Å²) >= 11 is 0. The number of hydrogen-bond donors (Lipinski definition) is 3. The first kappa shape index (κ1) is 29.3. The van der Waals surface area contributed by atoms with Crippen LogP contribution < -0.4 is 16.0 Å². The van der Waals surface area contributed by atoms with Crippen molar-refractivity contribution >= 4 is 46.8 Å². The van der Waals surface area contributed by atoms with E-state index in [0.29, 0.717) is 16.8 Å². The van der Waals surface area contributed by atoms with Gasteiger partial charge >= 0.3 is 0 Å². The maximum Gasteiger partial charge on any atom is 0.273 e. The number of fused-ring (bicyclic) bond motifs is 1. The van der Waals surface area contributed by atoms with Crippen LogP contribution in [0.4, 0.5) is 5.69 Å². The SMILES string of the molecule is O=C1CCC(N2Cc3c(NC(=O)c4ccc(C(=O)NC=C5C(=O)CC(c6ccccc6)CC5=O)nc4)cccc3C2=O)C(=O)N1. The van der Waals surface area contributed by atoms with Crippen LogP contribution in [0, 0.1) is 0 Å². The molecule has 2 fully saturated rings. The van der Waals surface area contributed by atoms with Crippen molar-refractivity contribution in [1.82, 2.24) is 20.5 Å². The first-order chi connectivity index (χ1) is 21.7. The smallest absolute Gasteiger partial charge is 0.273 e. The summed E-state index contributed by atoms with van der Waals surface area (Å²) in [6, 6.07) is 16.1. The fourth-order valence-electron chi connectivity index (χ4n) is 5.79. The molecule has 1 saturated carbocycles. The number of allylic oxidation sites excluding steroid dienone is 1. The fraction of sp³-hybridized carbons (Fsp3) is 0.212. The van der Waals surface area contributed by atoms with E-state index < -0.39 is 23.8 Å². The second-order valence-corrected chi connectivity index (χ2v) is 11.0. The van der Waals surface area contributed by atoms with Gasteiger partial charge in [-0.1, -0.05) is 36.4 Å². The van der Waals surface area contributed by atoms with E-state index in [1.807, 2.05) is 30.3 Å². The molecule has 3 N–H and O–H groups in total. The molecule has 0 bridgehead atoms. The maximum absolute atomic E-state index is 13.1. The largest absolute Gasteiger partial charge is 0.326 e. The van der Waals surface area contributed by atoms with E-state index in [4.69, 9.17) is 0 Å². The Morgan fingerprint density at radius 2 is 1.64 bits per heavy atom. The number of carbonyl (C=O) groups is 7. The second-order valence-electron chi connectivity index (χ2n) is 11.0. The Bertz CT molecular complexity index is 1780. The number of pyridine rings is 1. The van der Waals surface area contributed by atoms with Crippen molar-refractivity contribution in [2.24, 2.45) is 0 Å². The Morgan fingerprint density at radius 3 is 2.33 bits per heavy atom. The summed E-state index contributed by atoms with van der Waals surface area (Å²) in [4.78, 5) is 93.5. The highest BCUT2D eigenvalue weighted by atomic mass is 16.2. The number of imide groups is 1. The van der Waals surface area contributed by atoms with E-state index in [1.165, 1.54) is 23.2 Å². The van der Waals surface area contributed by atoms with Crippen molar-refractivity contribution in [3.05, 3.63) is 107 Å². The van der Waals surface area contributed by atoms with Gasteiger partial charge in [-0.05, 0) is 42.2 Å². The van der Waals surface area contributed by atoms with Crippen LogP contribution in [-0.4, -0.2) is 57.0 Å². The summed E-state index contributed by atoms with van der Waals surface area (Å²) < 4.78 is 0. The van der Waals surface area contributed by atoms with Gasteiger partial charge in [0.25, 0.3) is 17.7 Å². The van der Waals surface area contributed by atoms with E-state index >= 15 is 0 Å². The van der Waals surface area contributed by atoms with Gasteiger partial charge in [0.1, 0.15) is 11.7 Å². The molecular formula is C33H27N5O7. The Kier molecular flexibility index (Phi) is 7.86. The summed E-state index contributed by atoms with van der Waals surface area (Å²) in [5.74, 6) is -3.38. The summed E-state index contributed by atoms with van der Waals surface area (Å²) in [5.41, 5.74) is 2.21. The number of amides is 5. The average molecular weight is 606 g/mol. The Hall–Kier alpha value is -5.78. The van der Waals surface area contributed by atoms with Gasteiger partial charge in [-0.15, -0.1) is 0 Å². The third kappa shape index (κ3) is 5.90. The van der Waals surface area contributed by atoms with E-state index in [9.17, 15) is 33.6 Å². The van der Waals surface area contributed by atoms with E-state index in [-0.39, 0.29) is 78.4 Å². The normalized spacial score (nSPS) is 19.6. The molecule has 2 aliphatic heterocycles. The number of aromatic nitrogens is 1. The molecule has 12 nitrogen and oxygen atoms in total. The summed E-state index contributed by atoms with van der Waals surface area (Å²) in [7, 11) is 0. The number of nitrogens with zero attached hydrogens (tertiary/aromatic N) is 2. The summed E-state index contributed by atoms with van der Waals surface area (Å²) in [5, 5.41) is 7.48. The molecule has 1 atom stereocenters. The van der Waals surface area contributed by atoms with E-state index in [2.05, 4.69) is 20.9 Å². The molecule has 12 heteroatoms. The van der Waals surface area contributed by atoms with Gasteiger partial charge in [0.15, 0.2) is 11.6 Å². The fourth-order valence-corrected chi connectivity index (χ4v) is 5.79. The molecule has 3 aromatic rings. The average Bonchev–Trinajstić information content (AvgIpc) is 3.37. The van der Waals surface area contributed by atoms with Crippen molar-refractivity contribution < 1.29 is 33.6 Å². The number of ketones is 2. The molecule has 0 radical (unpaired) electrons. The van der Waals surface area contributed by atoms with Crippen LogP contribution in [0.5, 0.6) is 0 Å². The van der Waals surface area contributed by atoms with Crippen molar-refractivity contribution in [3.63, 3.8) is 0 Å². The third-order valence-corrected chi connectivity index (χ3v) is 8.17. The quantitative estimate of drug-likeness (QED) is 0.218. The first-order valence-electron chi connectivity index (χ1n) is 14.4. The molecule has 1 aromatic heterocycles. The number of piperidine rings is 1. The minimum Gasteiger partial charge on any atom is -0.326 e. The molecule has 1 unspecified atom stereocenters. The zero-order chi connectivity index (χ0) is 31.7. The molecule has 45 heavy (non-hydrogen) atoms. The van der Waals surface area contributed by atoms with Crippen LogP contribution in [0.2, 0.25) is 0 Å². The van der Waals surface area contributed by atoms with Crippen molar-refractivity contribution in [2.45, 2.75) is 44.2 Å². The number of Topliss-reactive ketones (excluding diaryl/α,β-unsaturated/α-hetero) is 2. The lowest BCUT2D eigenvalue weighted by atomic mass is 9.80. The van der Waals surface area contributed by atoms with Crippen LogP contribution in [0.15, 0.2) is 78.6 Å². The molecule has 2 aromatic carbocycles. The molecule has 226 valence electrons. The highest BCUT2D eigenvalue weighted by Gasteiger charge is 2.40. The molecule has 1 aliphatic carbocycles. The van der Waals surface area contributed by atoms with Gasteiger partial charge in [-0.2, -0.15) is 0 Å². The highest BCUT2D eigenvalue weighted by Crippen LogP contribution is 2.33. The number of rotatable bonds is 6. The number of nitrogens with one attached hydrogen (secondary N) is 3. The Balaban J connectivity index is 1.08. The minimum absolute atomic E-state index is 0.0349. The minimum atomic E-state index is -0.787. The molecule has 1 saturated heterocycles. The molecule has 0 spiro atoms. The van der Waals surface area contributed by atoms with Crippen LogP contribution in [-0.2, 0) is 25.7 Å². The van der Waals surface area contributed by atoms with Crippen LogP contribution >= 0.6 is 0 Å². The van der Waals surface area contributed by atoms with Gasteiger partial charge < -0.3 is 15.5 Å². The molecule has 3 aliphatic rings. The van der Waals surface area contributed by atoms with Crippen LogP contribution in [0.25, 0.3) is 0 Å². The lowest BCUT2D eigenvalue weighted by Gasteiger charge is -2.29. The summed E-state index contributed by atoms with van der Waals surface area (Å²) in [6.07, 6.45) is 3.00. The van der Waals surface area contributed by atoms with Crippen LogP contribution in [0.1, 0.15) is 73.9 Å². The zero-order valence-electron chi connectivity index (χ0n) is 23.9. The van der Waals surface area contributed by atoms with Gasteiger partial charge in [-0.3, -0.25) is 43.9 Å². The van der Waals surface area contributed by atoms with E-state index in [0.717, 1.165) is 11.8 Å². The molecule has 6 rings (SSSR count). The topological polar surface area (TPSA) is 172 Å². The first-order valence-corrected chi connectivity index (χ1v) is 14.4. The van der Waals surface area contributed by atoms with Gasteiger partial charge in [0.2, 0.25) is 11.8 Å². The van der Waals surface area contributed by atoms with Gasteiger partial charge in [-0.25, -0.2) is 0 Å². The van der Waals surface area contributed by atoms with Crippen molar-refractivity contribution in [3.8, 4) is 0 Å². The highest BCUT2D eigenvalue weighted by molar-refractivity contribution is 6.22. The number of hydrogen-bond acceptors (Lipinski definition) is 8. The lowest BCUT2D eigenvalue weighted by Crippen LogP contribution is -2.52. The van der Waals surface area contributed by atoms with Crippen molar-refractivity contribution in [2.75, 3.05) is 5.32 Å². The van der Waals surface area contributed by atoms with E-state index in [1.54, 1.807) is 18.2 Å². The van der Waals surface area contributed by atoms with Gasteiger partial charge in [0.05, 0.1) is 11.1 Å². The maximum atomic E-state index is 13.1. The predicted molar refractivity (Wildman–Crippen MR) is 159 cm³/mol. The molecular weight excluding hydrogens is 578 g/mol. The van der Waals surface area contributed by atoms with Crippen LogP contribution in [0.3, 0.4) is 0 Å². The summed E-state index contributed by atoms with van der Waals surface area (Å²) in [6.45, 7) is 0.0850. The third-order valence-electron chi connectivity index (χ3n) is 8.17. The van der Waals surface area contributed by atoms with Crippen molar-refractivity contribution in [1.29, 1.82) is 0 Å². The second kappa shape index (κ2) is 12.1. The Labute approximate surface area is 256 Å². The standard InChI is InChI=1S/C33H27N5O7/c39-27-13-20(18-5-2-1-3-6-18)14-28(40)22(27)16-35-31(43)25-10-9-19(15-34-25)30(42)36-24-8-4-7-21-23(24)17-38(33(21)45)26-11-12-29(41)37-32(26)44/h1-10,15-16,20,26H,11-14,17H2,(H,35,43)(H,36,42)(H,37,41,44). The number of benzene rings is 2. The number of anilines is 1. The predicted octanol–water partition coefficient (Wildman–Crippen LogP) is 2.42. The lowest BCUT2D eigenvalue weighted by molar-refractivity contribution is -0.137.